The van der Waals surface area contributed by atoms with Gasteiger partial charge < -0.3 is 5.32 Å². The van der Waals surface area contributed by atoms with Crippen LogP contribution in [0.5, 0.6) is 0 Å². The van der Waals surface area contributed by atoms with E-state index in [1.807, 2.05) is 23.5 Å². The smallest absolute Gasteiger partial charge is 0.267 e. The van der Waals surface area contributed by atoms with Crippen molar-refractivity contribution in [1.29, 1.82) is 0 Å². The summed E-state index contributed by atoms with van der Waals surface area (Å²) in [6.45, 7) is 0. The van der Waals surface area contributed by atoms with Crippen molar-refractivity contribution in [3.05, 3.63) is 57.6 Å². The number of fused-ring (bicyclic) bond motifs is 1. The van der Waals surface area contributed by atoms with E-state index in [0.717, 1.165) is 48.5 Å². The first-order chi connectivity index (χ1) is 13.8. The highest BCUT2D eigenvalue weighted by Gasteiger charge is 2.25. The van der Waals surface area contributed by atoms with E-state index >= 15 is 0 Å². The number of aromatic nitrogens is 4. The lowest BCUT2D eigenvalue weighted by molar-refractivity contribution is 0.304. The summed E-state index contributed by atoms with van der Waals surface area (Å²) in [4.78, 5) is 22.8. The lowest BCUT2D eigenvalue weighted by atomic mass is 9.91. The van der Waals surface area contributed by atoms with Gasteiger partial charge in [0, 0.05) is 34.9 Å². The van der Waals surface area contributed by atoms with E-state index in [9.17, 15) is 4.79 Å². The number of nitrogens with zero attached hydrogens (tertiary/aromatic N) is 4. The Hall–Kier alpha value is -2.54. The average molecular weight is 394 g/mol. The molecule has 0 amide bonds. The van der Waals surface area contributed by atoms with Crippen LogP contribution in [0.4, 0.5) is 5.13 Å². The largest absolute Gasteiger partial charge is 0.359 e. The zero-order valence-electron chi connectivity index (χ0n) is 15.7. The summed E-state index contributed by atoms with van der Waals surface area (Å²) in [6.07, 6.45) is 11.0. The maximum Gasteiger partial charge on any atom is 0.267 e. The van der Waals surface area contributed by atoms with Crippen LogP contribution in [0.1, 0.15) is 48.7 Å². The summed E-state index contributed by atoms with van der Waals surface area (Å²) in [7, 11) is 0. The molecule has 3 aromatic rings. The fourth-order valence-corrected chi connectivity index (χ4v) is 5.37. The summed E-state index contributed by atoms with van der Waals surface area (Å²) in [6, 6.07) is 7.85. The van der Waals surface area contributed by atoms with Gasteiger partial charge in [0.25, 0.3) is 5.56 Å². The Morgan fingerprint density at radius 3 is 2.79 bits per heavy atom. The van der Waals surface area contributed by atoms with E-state index in [1.54, 1.807) is 29.2 Å². The van der Waals surface area contributed by atoms with Crippen LogP contribution in [0, 0.1) is 0 Å². The molecule has 0 saturated heterocycles. The van der Waals surface area contributed by atoms with Crippen molar-refractivity contribution in [2.75, 3.05) is 5.32 Å². The van der Waals surface area contributed by atoms with E-state index in [2.05, 4.69) is 15.4 Å². The van der Waals surface area contributed by atoms with Gasteiger partial charge in [0.1, 0.15) is 0 Å². The Kier molecular flexibility index (Phi) is 4.68. The fraction of sp³-hybridized carbons (Fsp3) is 0.429. The Bertz CT molecular complexity index is 999. The Morgan fingerprint density at radius 2 is 2.00 bits per heavy atom. The quantitative estimate of drug-likeness (QED) is 0.729. The Morgan fingerprint density at radius 1 is 1.11 bits per heavy atom. The molecule has 7 heteroatoms. The number of thiazole rings is 1. The molecule has 0 aliphatic heterocycles. The SMILES string of the molecule is O=c1ccc(-c2cccnc2)nn1C1CCC(Nc2nc3c(s2)CCC3)CC1. The molecular weight excluding hydrogens is 370 g/mol. The highest BCUT2D eigenvalue weighted by Crippen LogP contribution is 2.34. The molecule has 144 valence electrons. The molecule has 3 heterocycles. The predicted molar refractivity (Wildman–Crippen MR) is 111 cm³/mol. The topological polar surface area (TPSA) is 72.7 Å². The van der Waals surface area contributed by atoms with E-state index in [4.69, 9.17) is 4.98 Å². The van der Waals surface area contributed by atoms with Crippen molar-refractivity contribution < 1.29 is 0 Å². The van der Waals surface area contributed by atoms with Crippen LogP contribution in [-0.2, 0) is 12.8 Å². The van der Waals surface area contributed by atoms with Crippen molar-refractivity contribution in [2.24, 2.45) is 0 Å². The van der Waals surface area contributed by atoms with Gasteiger partial charge in [-0.25, -0.2) is 9.67 Å². The second-order valence-electron chi connectivity index (χ2n) is 7.64. The molecule has 2 aliphatic carbocycles. The van der Waals surface area contributed by atoms with Crippen LogP contribution in [0.15, 0.2) is 41.5 Å². The highest BCUT2D eigenvalue weighted by atomic mass is 32.1. The van der Waals surface area contributed by atoms with Gasteiger partial charge >= 0.3 is 0 Å². The zero-order chi connectivity index (χ0) is 18.9. The molecule has 3 aromatic heterocycles. The molecular formula is C21H23N5OS. The first kappa shape index (κ1) is 17.6. The lowest BCUT2D eigenvalue weighted by Gasteiger charge is -2.29. The van der Waals surface area contributed by atoms with Gasteiger partial charge in [-0.2, -0.15) is 5.10 Å². The van der Waals surface area contributed by atoms with E-state index < -0.39 is 0 Å². The average Bonchev–Trinajstić information content (AvgIpc) is 3.31. The first-order valence-electron chi connectivity index (χ1n) is 10.0. The van der Waals surface area contributed by atoms with E-state index in [1.165, 1.54) is 23.4 Å². The molecule has 2 aliphatic rings. The summed E-state index contributed by atoms with van der Waals surface area (Å²) >= 11 is 1.82. The van der Waals surface area contributed by atoms with Crippen molar-refractivity contribution >= 4 is 16.5 Å². The third-order valence-corrected chi connectivity index (χ3v) is 6.84. The van der Waals surface area contributed by atoms with Crippen molar-refractivity contribution in [3.63, 3.8) is 0 Å². The van der Waals surface area contributed by atoms with Crippen LogP contribution in [0.2, 0.25) is 0 Å². The van der Waals surface area contributed by atoms with Crippen LogP contribution >= 0.6 is 11.3 Å². The van der Waals surface area contributed by atoms with E-state index in [-0.39, 0.29) is 11.6 Å². The molecule has 1 fully saturated rings. The fourth-order valence-electron chi connectivity index (χ4n) is 4.25. The van der Waals surface area contributed by atoms with Gasteiger partial charge in [0.2, 0.25) is 0 Å². The summed E-state index contributed by atoms with van der Waals surface area (Å²) < 4.78 is 1.68. The lowest BCUT2D eigenvalue weighted by Crippen LogP contribution is -2.33. The maximum absolute atomic E-state index is 12.4. The van der Waals surface area contributed by atoms with Crippen molar-refractivity contribution in [3.8, 4) is 11.3 Å². The predicted octanol–water partition coefficient (Wildman–Crippen LogP) is 3.85. The number of hydrogen-bond donors (Lipinski definition) is 1. The molecule has 5 rings (SSSR count). The molecule has 0 radical (unpaired) electrons. The molecule has 1 N–H and O–H groups in total. The van der Waals surface area contributed by atoms with Gasteiger partial charge in [0.15, 0.2) is 5.13 Å². The Balaban J connectivity index is 1.27. The highest BCUT2D eigenvalue weighted by molar-refractivity contribution is 7.15. The van der Waals surface area contributed by atoms with Gasteiger partial charge in [-0.1, -0.05) is 0 Å². The number of pyridine rings is 1. The monoisotopic (exact) mass is 393 g/mol. The minimum atomic E-state index is -0.0274. The molecule has 0 spiro atoms. The standard InChI is InChI=1S/C21H23N5OS/c27-20-11-10-17(14-3-2-12-22-13-14)25-26(20)16-8-6-15(7-9-16)23-21-24-18-4-1-5-19(18)28-21/h2-3,10-13,15-16H,1,4-9H2,(H,23,24). The Labute approximate surface area is 167 Å². The van der Waals surface area contributed by atoms with Gasteiger partial charge in [-0.05, 0) is 63.1 Å². The molecule has 1 saturated carbocycles. The van der Waals surface area contributed by atoms with Crippen LogP contribution in [0.25, 0.3) is 11.3 Å². The second-order valence-corrected chi connectivity index (χ2v) is 8.72. The van der Waals surface area contributed by atoms with Crippen molar-refractivity contribution in [2.45, 2.75) is 57.0 Å². The second kappa shape index (κ2) is 7.47. The number of hydrogen-bond acceptors (Lipinski definition) is 6. The number of nitrogens with one attached hydrogen (secondary N) is 1. The molecule has 28 heavy (non-hydrogen) atoms. The first-order valence-corrected chi connectivity index (χ1v) is 10.8. The molecule has 6 nitrogen and oxygen atoms in total. The summed E-state index contributed by atoms with van der Waals surface area (Å²) in [5, 5.41) is 9.34. The normalized spacial score (nSPS) is 21.4. The number of aryl methyl sites for hydroxylation is 2. The molecule has 0 unspecified atom stereocenters. The molecule has 0 atom stereocenters. The minimum absolute atomic E-state index is 0.0274. The number of anilines is 1. The number of rotatable bonds is 4. The van der Waals surface area contributed by atoms with E-state index in [0.29, 0.717) is 6.04 Å². The minimum Gasteiger partial charge on any atom is -0.359 e. The third kappa shape index (κ3) is 3.46. The van der Waals surface area contributed by atoms with Crippen molar-refractivity contribution in [1.82, 2.24) is 19.7 Å². The van der Waals surface area contributed by atoms with Crippen LogP contribution < -0.4 is 10.9 Å². The van der Waals surface area contributed by atoms with Gasteiger partial charge in [-0.3, -0.25) is 9.78 Å². The van der Waals surface area contributed by atoms with Gasteiger partial charge in [0.05, 0.1) is 17.4 Å². The summed E-state index contributed by atoms with van der Waals surface area (Å²) in [5.74, 6) is 0. The van der Waals surface area contributed by atoms with Gasteiger partial charge in [-0.15, -0.1) is 11.3 Å². The zero-order valence-corrected chi connectivity index (χ0v) is 16.5. The summed E-state index contributed by atoms with van der Waals surface area (Å²) in [5.41, 5.74) is 3.00. The maximum atomic E-state index is 12.4. The molecule has 0 bridgehead atoms. The van der Waals surface area contributed by atoms with Crippen LogP contribution in [-0.4, -0.2) is 25.8 Å². The third-order valence-electron chi connectivity index (χ3n) is 5.75. The molecule has 0 aromatic carbocycles. The van der Waals surface area contributed by atoms with Crippen LogP contribution in [0.3, 0.4) is 0 Å².